The smallest absolute Gasteiger partial charge is 0.310 e. The van der Waals surface area contributed by atoms with Crippen LogP contribution >= 0.6 is 0 Å². The number of carbonyl (C=O) groups excluding carboxylic acids is 2. The molecule has 0 spiro atoms. The molecule has 1 rings (SSSR count). The van der Waals surface area contributed by atoms with Crippen LogP contribution in [-0.2, 0) is 14.3 Å². The molecular formula is C18H25NO4. The van der Waals surface area contributed by atoms with Gasteiger partial charge in [-0.1, -0.05) is 26.0 Å². The van der Waals surface area contributed by atoms with Gasteiger partial charge >= 0.3 is 5.97 Å². The number of esters is 1. The number of methoxy groups -OCH3 is 1. The summed E-state index contributed by atoms with van der Waals surface area (Å²) in [6.07, 6.45) is 4.20. The number of amides is 1. The second-order valence-corrected chi connectivity index (χ2v) is 5.39. The molecule has 1 amide bonds. The molecule has 0 fully saturated rings. The summed E-state index contributed by atoms with van der Waals surface area (Å²) in [5, 5.41) is 0. The summed E-state index contributed by atoms with van der Waals surface area (Å²) in [6.45, 7) is 4.80. The van der Waals surface area contributed by atoms with Crippen molar-refractivity contribution in [2.75, 3.05) is 27.3 Å². The van der Waals surface area contributed by atoms with Gasteiger partial charge in [-0.2, -0.15) is 0 Å². The maximum Gasteiger partial charge on any atom is 0.310 e. The first-order chi connectivity index (χ1) is 11.0. The molecule has 1 aromatic rings. The minimum absolute atomic E-state index is 0.160. The molecule has 23 heavy (non-hydrogen) atoms. The molecular weight excluding hydrogens is 294 g/mol. The van der Waals surface area contributed by atoms with Crippen LogP contribution in [0, 0.1) is 5.92 Å². The molecule has 0 aliphatic heterocycles. The van der Waals surface area contributed by atoms with Crippen LogP contribution in [0.1, 0.15) is 25.8 Å². The molecule has 5 heteroatoms. The molecule has 5 nitrogen and oxygen atoms in total. The highest BCUT2D eigenvalue weighted by molar-refractivity contribution is 5.91. The number of rotatable bonds is 8. The molecule has 1 aromatic carbocycles. The number of nitrogens with zero attached hydrogens (tertiary/aromatic N) is 1. The first kappa shape index (κ1) is 18.7. The zero-order valence-corrected chi connectivity index (χ0v) is 14.2. The summed E-state index contributed by atoms with van der Waals surface area (Å²) in [4.78, 5) is 24.9. The van der Waals surface area contributed by atoms with E-state index in [2.05, 4.69) is 11.7 Å². The van der Waals surface area contributed by atoms with E-state index in [9.17, 15) is 9.59 Å². The van der Waals surface area contributed by atoms with Crippen LogP contribution in [0.5, 0.6) is 5.75 Å². The molecule has 0 saturated carbocycles. The van der Waals surface area contributed by atoms with Crippen LogP contribution in [0.25, 0.3) is 6.08 Å². The highest BCUT2D eigenvalue weighted by Crippen LogP contribution is 2.13. The summed E-state index contributed by atoms with van der Waals surface area (Å²) >= 11 is 0. The van der Waals surface area contributed by atoms with Gasteiger partial charge in [0.05, 0.1) is 19.6 Å². The van der Waals surface area contributed by atoms with E-state index in [1.807, 2.05) is 24.3 Å². The Morgan fingerprint density at radius 1 is 1.26 bits per heavy atom. The van der Waals surface area contributed by atoms with Gasteiger partial charge in [-0.25, -0.2) is 0 Å². The summed E-state index contributed by atoms with van der Waals surface area (Å²) in [5.74, 6) is -0.0138. The predicted molar refractivity (Wildman–Crippen MR) is 90.1 cm³/mol. The van der Waals surface area contributed by atoms with E-state index in [4.69, 9.17) is 4.74 Å². The van der Waals surface area contributed by atoms with E-state index in [-0.39, 0.29) is 17.8 Å². The lowest BCUT2D eigenvalue weighted by molar-refractivity contribution is -0.145. The van der Waals surface area contributed by atoms with E-state index < -0.39 is 0 Å². The average Bonchev–Trinajstić information content (AvgIpc) is 2.57. The highest BCUT2D eigenvalue weighted by Gasteiger charge is 2.17. The molecule has 0 N–H and O–H groups in total. The summed E-state index contributed by atoms with van der Waals surface area (Å²) in [5.41, 5.74) is 0.914. The number of hydrogen-bond acceptors (Lipinski definition) is 4. The Labute approximate surface area is 137 Å². The predicted octanol–water partition coefficient (Wildman–Crippen LogP) is 2.76. The molecule has 126 valence electrons. The Kier molecular flexibility index (Phi) is 7.88. The topological polar surface area (TPSA) is 55.8 Å². The van der Waals surface area contributed by atoms with Gasteiger partial charge in [-0.05, 0) is 30.2 Å². The van der Waals surface area contributed by atoms with Crippen LogP contribution < -0.4 is 4.74 Å². The lowest BCUT2D eigenvalue weighted by Gasteiger charge is -2.18. The summed E-state index contributed by atoms with van der Waals surface area (Å²) in [6, 6.07) is 7.55. The van der Waals surface area contributed by atoms with Crippen molar-refractivity contribution in [1.82, 2.24) is 4.90 Å². The van der Waals surface area contributed by atoms with Gasteiger partial charge in [0.25, 0.3) is 0 Å². The number of carbonyl (C=O) groups is 2. The van der Waals surface area contributed by atoms with Crippen molar-refractivity contribution >= 4 is 18.0 Å². The monoisotopic (exact) mass is 319 g/mol. The van der Waals surface area contributed by atoms with Crippen molar-refractivity contribution < 1.29 is 19.1 Å². The molecule has 1 atom stereocenters. The molecule has 0 saturated heterocycles. The largest absolute Gasteiger partial charge is 0.494 e. The zero-order chi connectivity index (χ0) is 17.2. The van der Waals surface area contributed by atoms with Crippen molar-refractivity contribution in [2.45, 2.75) is 20.3 Å². The Bertz CT molecular complexity index is 536. The fraction of sp³-hybridized carbons (Fsp3) is 0.444. The molecule has 0 aliphatic rings. The third-order valence-electron chi connectivity index (χ3n) is 3.30. The van der Waals surface area contributed by atoms with Gasteiger partial charge in [-0.3, -0.25) is 9.59 Å². The minimum atomic E-state index is -0.350. The number of hydrogen-bond donors (Lipinski definition) is 0. The number of ether oxygens (including phenoxy) is 2. The number of benzene rings is 1. The summed E-state index contributed by atoms with van der Waals surface area (Å²) < 4.78 is 10.2. The van der Waals surface area contributed by atoms with E-state index in [1.165, 1.54) is 18.1 Å². The van der Waals surface area contributed by atoms with Gasteiger partial charge in [0.15, 0.2) is 0 Å². The van der Waals surface area contributed by atoms with Gasteiger partial charge in [0, 0.05) is 19.7 Å². The fourth-order valence-corrected chi connectivity index (χ4v) is 1.97. The van der Waals surface area contributed by atoms with Crippen molar-refractivity contribution in [3.63, 3.8) is 0 Å². The Morgan fingerprint density at radius 3 is 2.48 bits per heavy atom. The van der Waals surface area contributed by atoms with Crippen LogP contribution in [0.4, 0.5) is 0 Å². The first-order valence-corrected chi connectivity index (χ1v) is 7.71. The molecule has 0 heterocycles. The highest BCUT2D eigenvalue weighted by atomic mass is 16.5. The summed E-state index contributed by atoms with van der Waals surface area (Å²) in [7, 11) is 3.00. The molecule has 0 aromatic heterocycles. The van der Waals surface area contributed by atoms with E-state index in [0.29, 0.717) is 13.2 Å². The quantitative estimate of drug-likeness (QED) is 0.546. The minimum Gasteiger partial charge on any atom is -0.494 e. The third kappa shape index (κ3) is 6.55. The number of likely N-dealkylation sites (N-methyl/N-ethyl adjacent to an activating group) is 1. The Hall–Kier alpha value is -2.30. The SMILES string of the molecule is CCCOc1ccc(/C=C/C(=O)N(C)CC(C)C(=O)OC)cc1. The first-order valence-electron chi connectivity index (χ1n) is 7.71. The van der Waals surface area contributed by atoms with E-state index >= 15 is 0 Å². The second kappa shape index (κ2) is 9.66. The van der Waals surface area contributed by atoms with Gasteiger partial charge < -0.3 is 14.4 Å². The lowest BCUT2D eigenvalue weighted by atomic mass is 10.1. The van der Waals surface area contributed by atoms with E-state index in [0.717, 1.165) is 17.7 Å². The zero-order valence-electron chi connectivity index (χ0n) is 14.2. The Morgan fingerprint density at radius 2 is 1.91 bits per heavy atom. The Balaban J connectivity index is 2.55. The maximum absolute atomic E-state index is 12.0. The van der Waals surface area contributed by atoms with Gasteiger partial charge in [0.1, 0.15) is 5.75 Å². The van der Waals surface area contributed by atoms with Crippen molar-refractivity contribution in [2.24, 2.45) is 5.92 Å². The van der Waals surface area contributed by atoms with Crippen molar-refractivity contribution in [3.05, 3.63) is 35.9 Å². The van der Waals surface area contributed by atoms with Gasteiger partial charge in [0.2, 0.25) is 5.91 Å². The maximum atomic E-state index is 12.0. The van der Waals surface area contributed by atoms with E-state index in [1.54, 1.807) is 20.0 Å². The average molecular weight is 319 g/mol. The molecule has 0 radical (unpaired) electrons. The van der Waals surface area contributed by atoms with Gasteiger partial charge in [-0.15, -0.1) is 0 Å². The van der Waals surface area contributed by atoms with Crippen LogP contribution in [0.3, 0.4) is 0 Å². The van der Waals surface area contributed by atoms with Crippen LogP contribution in [0.15, 0.2) is 30.3 Å². The molecule has 0 bridgehead atoms. The third-order valence-corrected chi connectivity index (χ3v) is 3.30. The lowest BCUT2D eigenvalue weighted by Crippen LogP contribution is -2.33. The second-order valence-electron chi connectivity index (χ2n) is 5.39. The standard InChI is InChI=1S/C18H25NO4/c1-5-12-23-16-9-6-15(7-10-16)8-11-17(20)19(3)13-14(2)18(21)22-4/h6-11,14H,5,12-13H2,1-4H3/b11-8+. The molecule has 1 unspecified atom stereocenters. The van der Waals surface area contributed by atoms with Crippen LogP contribution in [0.2, 0.25) is 0 Å². The van der Waals surface area contributed by atoms with Crippen molar-refractivity contribution in [1.29, 1.82) is 0 Å². The van der Waals surface area contributed by atoms with Crippen LogP contribution in [-0.4, -0.2) is 44.1 Å². The van der Waals surface area contributed by atoms with Crippen molar-refractivity contribution in [3.8, 4) is 5.75 Å². The fourth-order valence-electron chi connectivity index (χ4n) is 1.97. The molecule has 0 aliphatic carbocycles. The normalized spacial score (nSPS) is 12.0.